The average molecular weight is 254 g/mol. The van der Waals surface area contributed by atoms with Crippen LogP contribution in [-0.2, 0) is 19.1 Å². The van der Waals surface area contributed by atoms with Gasteiger partial charge in [-0.1, -0.05) is 25.5 Å². The summed E-state index contributed by atoms with van der Waals surface area (Å²) >= 11 is 0. The first-order chi connectivity index (χ1) is 8.56. The predicted molar refractivity (Wildman–Crippen MR) is 69.2 cm³/mol. The standard InChI is InChI=1S/C14H22O4/c1-3-10-18-14(17)11-13(16)9-7-5-4-6-8-12(2)15/h3H,1,4-11H2,2H3. The number of hydrogen-bond acceptors (Lipinski definition) is 4. The van der Waals surface area contributed by atoms with Gasteiger partial charge in [0.25, 0.3) is 0 Å². The number of carbonyl (C=O) groups excluding carboxylic acids is 3. The molecule has 102 valence electrons. The second kappa shape index (κ2) is 10.7. The number of rotatable bonds is 11. The van der Waals surface area contributed by atoms with Crippen LogP contribution in [0.15, 0.2) is 12.7 Å². The summed E-state index contributed by atoms with van der Waals surface area (Å²) in [6.07, 6.45) is 5.86. The molecule has 0 aliphatic rings. The molecule has 0 N–H and O–H groups in total. The van der Waals surface area contributed by atoms with Gasteiger partial charge < -0.3 is 9.53 Å². The maximum atomic E-state index is 11.4. The third kappa shape index (κ3) is 11.0. The average Bonchev–Trinajstić information content (AvgIpc) is 2.30. The van der Waals surface area contributed by atoms with Crippen molar-refractivity contribution in [2.45, 2.75) is 51.9 Å². The molecule has 0 spiro atoms. The number of carbonyl (C=O) groups is 3. The highest BCUT2D eigenvalue weighted by molar-refractivity contribution is 5.95. The molecule has 0 heterocycles. The van der Waals surface area contributed by atoms with E-state index in [0.29, 0.717) is 12.8 Å². The molecule has 0 rings (SSSR count). The number of Topliss-reactive ketones (excluding diaryl/α,β-unsaturated/α-hetero) is 2. The lowest BCUT2D eigenvalue weighted by Gasteiger charge is -2.02. The van der Waals surface area contributed by atoms with E-state index in [0.717, 1.165) is 25.7 Å². The van der Waals surface area contributed by atoms with Gasteiger partial charge in [-0.3, -0.25) is 9.59 Å². The fourth-order valence-corrected chi connectivity index (χ4v) is 1.50. The zero-order valence-corrected chi connectivity index (χ0v) is 11.1. The Labute approximate surface area is 108 Å². The maximum Gasteiger partial charge on any atom is 0.313 e. The number of unbranched alkanes of at least 4 members (excludes halogenated alkanes) is 3. The largest absolute Gasteiger partial charge is 0.461 e. The third-order valence-corrected chi connectivity index (χ3v) is 2.44. The van der Waals surface area contributed by atoms with Crippen LogP contribution in [0, 0.1) is 0 Å². The van der Waals surface area contributed by atoms with Gasteiger partial charge in [0, 0.05) is 12.8 Å². The summed E-state index contributed by atoms with van der Waals surface area (Å²) in [5.41, 5.74) is 0. The van der Waals surface area contributed by atoms with Gasteiger partial charge in [0.2, 0.25) is 0 Å². The van der Waals surface area contributed by atoms with Gasteiger partial charge in [0.15, 0.2) is 0 Å². The Bertz CT molecular complexity index is 294. The van der Waals surface area contributed by atoms with Crippen molar-refractivity contribution >= 4 is 17.5 Å². The smallest absolute Gasteiger partial charge is 0.313 e. The van der Waals surface area contributed by atoms with E-state index >= 15 is 0 Å². The molecule has 0 aliphatic carbocycles. The van der Waals surface area contributed by atoms with Gasteiger partial charge in [0.05, 0.1) is 0 Å². The molecule has 0 saturated carbocycles. The zero-order chi connectivity index (χ0) is 13.8. The summed E-state index contributed by atoms with van der Waals surface area (Å²) in [6, 6.07) is 0. The molecular weight excluding hydrogens is 232 g/mol. The lowest BCUT2D eigenvalue weighted by Crippen LogP contribution is -2.11. The van der Waals surface area contributed by atoms with Gasteiger partial charge in [0.1, 0.15) is 24.6 Å². The molecule has 0 aliphatic heterocycles. The van der Waals surface area contributed by atoms with Crippen LogP contribution in [0.4, 0.5) is 0 Å². The minimum absolute atomic E-state index is 0.0874. The Kier molecular flexibility index (Phi) is 9.83. The first-order valence-corrected chi connectivity index (χ1v) is 6.34. The minimum atomic E-state index is -0.489. The van der Waals surface area contributed by atoms with Crippen LogP contribution >= 0.6 is 0 Å². The van der Waals surface area contributed by atoms with Crippen LogP contribution in [-0.4, -0.2) is 24.1 Å². The summed E-state index contributed by atoms with van der Waals surface area (Å²) in [6.45, 7) is 5.15. The van der Waals surface area contributed by atoms with E-state index in [1.807, 2.05) is 0 Å². The number of hydrogen-bond donors (Lipinski definition) is 0. The van der Waals surface area contributed by atoms with E-state index in [2.05, 4.69) is 6.58 Å². The topological polar surface area (TPSA) is 60.4 Å². The van der Waals surface area contributed by atoms with Crippen molar-refractivity contribution in [3.05, 3.63) is 12.7 Å². The van der Waals surface area contributed by atoms with Crippen LogP contribution in [0.3, 0.4) is 0 Å². The van der Waals surface area contributed by atoms with E-state index in [4.69, 9.17) is 4.74 Å². The van der Waals surface area contributed by atoms with E-state index in [1.54, 1.807) is 6.92 Å². The predicted octanol–water partition coefficient (Wildman–Crippen LogP) is 2.60. The second-order valence-corrected chi connectivity index (χ2v) is 4.30. The molecule has 0 atom stereocenters. The Morgan fingerprint density at radius 1 is 1.06 bits per heavy atom. The molecule has 0 radical (unpaired) electrons. The summed E-state index contributed by atoms with van der Waals surface area (Å²) in [7, 11) is 0. The summed E-state index contributed by atoms with van der Waals surface area (Å²) in [5.74, 6) is -0.372. The van der Waals surface area contributed by atoms with Crippen molar-refractivity contribution in [2.24, 2.45) is 0 Å². The fraction of sp³-hybridized carbons (Fsp3) is 0.643. The fourth-order valence-electron chi connectivity index (χ4n) is 1.50. The maximum absolute atomic E-state index is 11.4. The SMILES string of the molecule is C=CCOC(=O)CC(=O)CCCCCCC(C)=O. The molecule has 18 heavy (non-hydrogen) atoms. The Hall–Kier alpha value is -1.45. The number of ketones is 2. The molecule has 0 fully saturated rings. The van der Waals surface area contributed by atoms with Gasteiger partial charge in [-0.15, -0.1) is 0 Å². The Morgan fingerprint density at radius 3 is 2.22 bits per heavy atom. The van der Waals surface area contributed by atoms with E-state index in [1.165, 1.54) is 6.08 Å². The van der Waals surface area contributed by atoms with E-state index in [9.17, 15) is 14.4 Å². The molecule has 0 saturated heterocycles. The molecule has 0 aromatic rings. The van der Waals surface area contributed by atoms with Gasteiger partial charge in [-0.25, -0.2) is 0 Å². The van der Waals surface area contributed by atoms with Crippen LogP contribution in [0.2, 0.25) is 0 Å². The minimum Gasteiger partial charge on any atom is -0.461 e. The van der Waals surface area contributed by atoms with Crippen molar-refractivity contribution < 1.29 is 19.1 Å². The highest BCUT2D eigenvalue weighted by Crippen LogP contribution is 2.07. The lowest BCUT2D eigenvalue weighted by atomic mass is 10.1. The third-order valence-electron chi connectivity index (χ3n) is 2.44. The first kappa shape index (κ1) is 16.6. The molecule has 0 amide bonds. The molecule has 0 unspecified atom stereocenters. The van der Waals surface area contributed by atoms with Crippen molar-refractivity contribution in [2.75, 3.05) is 6.61 Å². The Morgan fingerprint density at radius 2 is 1.67 bits per heavy atom. The van der Waals surface area contributed by atoms with E-state index < -0.39 is 5.97 Å². The monoisotopic (exact) mass is 254 g/mol. The summed E-state index contributed by atoms with van der Waals surface area (Å²) < 4.78 is 4.72. The van der Waals surface area contributed by atoms with Crippen molar-refractivity contribution in [3.8, 4) is 0 Å². The van der Waals surface area contributed by atoms with Crippen LogP contribution in [0.5, 0.6) is 0 Å². The van der Waals surface area contributed by atoms with Gasteiger partial charge >= 0.3 is 5.97 Å². The first-order valence-electron chi connectivity index (χ1n) is 6.34. The van der Waals surface area contributed by atoms with Gasteiger partial charge in [-0.2, -0.15) is 0 Å². The molecule has 0 bridgehead atoms. The summed E-state index contributed by atoms with van der Waals surface area (Å²) in [5, 5.41) is 0. The molecular formula is C14H22O4. The zero-order valence-electron chi connectivity index (χ0n) is 11.1. The molecule has 0 aromatic carbocycles. The summed E-state index contributed by atoms with van der Waals surface area (Å²) in [4.78, 5) is 33.2. The highest BCUT2D eigenvalue weighted by Gasteiger charge is 2.09. The number of ether oxygens (including phenoxy) is 1. The highest BCUT2D eigenvalue weighted by atomic mass is 16.5. The van der Waals surface area contributed by atoms with Gasteiger partial charge in [-0.05, 0) is 19.8 Å². The van der Waals surface area contributed by atoms with Crippen LogP contribution in [0.25, 0.3) is 0 Å². The van der Waals surface area contributed by atoms with Crippen molar-refractivity contribution in [1.29, 1.82) is 0 Å². The Balaban J connectivity index is 3.44. The molecule has 4 heteroatoms. The molecule has 0 aromatic heterocycles. The molecule has 4 nitrogen and oxygen atoms in total. The van der Waals surface area contributed by atoms with Crippen molar-refractivity contribution in [3.63, 3.8) is 0 Å². The normalized spacial score (nSPS) is 9.83. The van der Waals surface area contributed by atoms with Crippen molar-refractivity contribution in [1.82, 2.24) is 0 Å². The quantitative estimate of drug-likeness (QED) is 0.246. The van der Waals surface area contributed by atoms with Crippen LogP contribution in [0.1, 0.15) is 51.9 Å². The second-order valence-electron chi connectivity index (χ2n) is 4.30. The lowest BCUT2D eigenvalue weighted by molar-refractivity contribution is -0.145. The van der Waals surface area contributed by atoms with E-state index in [-0.39, 0.29) is 24.6 Å². The van der Waals surface area contributed by atoms with Crippen LogP contribution < -0.4 is 0 Å². The number of esters is 1.